The van der Waals surface area contributed by atoms with Gasteiger partial charge in [-0.1, -0.05) is 23.7 Å². The van der Waals surface area contributed by atoms with E-state index in [-0.39, 0.29) is 0 Å². The van der Waals surface area contributed by atoms with Crippen LogP contribution in [0.3, 0.4) is 0 Å². The minimum Gasteiger partial charge on any atom is -0.454 e. The number of benzene rings is 2. The predicted molar refractivity (Wildman–Crippen MR) is 106 cm³/mol. The van der Waals surface area contributed by atoms with Crippen molar-refractivity contribution in [3.8, 4) is 11.5 Å². The van der Waals surface area contributed by atoms with Crippen LogP contribution in [0.25, 0.3) is 10.9 Å². The molecule has 0 saturated carbocycles. The summed E-state index contributed by atoms with van der Waals surface area (Å²) >= 11 is 8.14. The van der Waals surface area contributed by atoms with E-state index in [0.717, 1.165) is 41.1 Å². The summed E-state index contributed by atoms with van der Waals surface area (Å²) in [4.78, 5) is 7.98. The van der Waals surface area contributed by atoms with Crippen molar-refractivity contribution in [2.45, 2.75) is 18.0 Å². The Bertz CT molecular complexity index is 964. The fourth-order valence-electron chi connectivity index (χ4n) is 3.10. The van der Waals surface area contributed by atoms with Gasteiger partial charge in [-0.3, -0.25) is 4.90 Å². The summed E-state index contributed by atoms with van der Waals surface area (Å²) in [6.45, 7) is 1.81. The van der Waals surface area contributed by atoms with Crippen LogP contribution >= 0.6 is 23.4 Å². The Morgan fingerprint density at radius 1 is 1.08 bits per heavy atom. The Kier molecular flexibility index (Phi) is 4.94. The molecular formula is C20H19ClN2O2S. The van der Waals surface area contributed by atoms with Crippen LogP contribution in [-0.4, -0.2) is 30.0 Å². The third-order valence-electron chi connectivity index (χ3n) is 4.38. The Labute approximate surface area is 162 Å². The zero-order valence-corrected chi connectivity index (χ0v) is 16.2. The molecule has 134 valence electrons. The molecular weight excluding hydrogens is 368 g/mol. The van der Waals surface area contributed by atoms with Gasteiger partial charge in [-0.05, 0) is 49.2 Å². The van der Waals surface area contributed by atoms with E-state index in [1.165, 1.54) is 10.5 Å². The number of fused-ring (bicyclic) bond motifs is 2. The third kappa shape index (κ3) is 3.61. The summed E-state index contributed by atoms with van der Waals surface area (Å²) in [6.07, 6.45) is 2.06. The van der Waals surface area contributed by atoms with E-state index >= 15 is 0 Å². The van der Waals surface area contributed by atoms with Crippen molar-refractivity contribution in [3.63, 3.8) is 0 Å². The van der Waals surface area contributed by atoms with E-state index in [1.807, 2.05) is 12.1 Å². The third-order valence-corrected chi connectivity index (χ3v) is 5.43. The molecule has 1 aliphatic rings. The first kappa shape index (κ1) is 17.5. The highest BCUT2D eigenvalue weighted by molar-refractivity contribution is 7.98. The van der Waals surface area contributed by atoms with Crippen molar-refractivity contribution in [2.24, 2.45) is 0 Å². The van der Waals surface area contributed by atoms with Crippen LogP contribution in [0.4, 0.5) is 0 Å². The van der Waals surface area contributed by atoms with E-state index < -0.39 is 0 Å². The molecule has 2 heterocycles. The molecule has 0 N–H and O–H groups in total. The number of hydrogen-bond acceptors (Lipinski definition) is 5. The Balaban J connectivity index is 1.51. The Morgan fingerprint density at radius 2 is 1.92 bits per heavy atom. The maximum atomic E-state index is 6.44. The zero-order valence-electron chi connectivity index (χ0n) is 14.7. The van der Waals surface area contributed by atoms with Crippen LogP contribution in [0.2, 0.25) is 5.15 Å². The van der Waals surface area contributed by atoms with Crippen molar-refractivity contribution in [2.75, 3.05) is 20.1 Å². The van der Waals surface area contributed by atoms with Gasteiger partial charge in [0.2, 0.25) is 6.79 Å². The van der Waals surface area contributed by atoms with Crippen LogP contribution < -0.4 is 9.47 Å². The van der Waals surface area contributed by atoms with Crippen LogP contribution in [0.5, 0.6) is 11.5 Å². The number of rotatable bonds is 5. The average molecular weight is 387 g/mol. The largest absolute Gasteiger partial charge is 0.454 e. The molecule has 0 bridgehead atoms. The SMILES string of the molecule is CSc1ccc2cc(CN(C)Cc3ccc4c(c3)OCO4)c(Cl)nc2c1. The topological polar surface area (TPSA) is 34.6 Å². The van der Waals surface area contributed by atoms with Gasteiger partial charge in [0.15, 0.2) is 11.5 Å². The second kappa shape index (κ2) is 7.35. The molecule has 0 aliphatic carbocycles. The predicted octanol–water partition coefficient (Wildman–Crippen LogP) is 4.97. The molecule has 0 atom stereocenters. The van der Waals surface area contributed by atoms with Crippen LogP contribution in [0.1, 0.15) is 11.1 Å². The van der Waals surface area contributed by atoms with Crippen molar-refractivity contribution in [1.82, 2.24) is 9.88 Å². The average Bonchev–Trinajstić information content (AvgIpc) is 3.09. The van der Waals surface area contributed by atoms with Gasteiger partial charge in [-0.15, -0.1) is 11.8 Å². The molecule has 6 heteroatoms. The summed E-state index contributed by atoms with van der Waals surface area (Å²) in [6, 6.07) is 14.5. The fraction of sp³-hybridized carbons (Fsp3) is 0.250. The molecule has 0 unspecified atom stereocenters. The van der Waals surface area contributed by atoms with Crippen LogP contribution in [0, 0.1) is 0 Å². The monoisotopic (exact) mass is 386 g/mol. The van der Waals surface area contributed by atoms with Gasteiger partial charge in [0, 0.05) is 28.9 Å². The second-order valence-corrected chi connectivity index (χ2v) is 7.59. The van der Waals surface area contributed by atoms with Gasteiger partial charge in [0.05, 0.1) is 5.52 Å². The fourth-order valence-corrected chi connectivity index (χ4v) is 3.74. The molecule has 1 aromatic heterocycles. The van der Waals surface area contributed by atoms with Gasteiger partial charge < -0.3 is 9.47 Å². The Morgan fingerprint density at radius 3 is 2.77 bits per heavy atom. The Hall–Kier alpha value is -1.95. The molecule has 2 aromatic carbocycles. The maximum Gasteiger partial charge on any atom is 0.231 e. The van der Waals surface area contributed by atoms with E-state index in [1.54, 1.807) is 11.8 Å². The summed E-state index contributed by atoms with van der Waals surface area (Å²) in [7, 11) is 2.07. The number of halogens is 1. The van der Waals surface area contributed by atoms with Gasteiger partial charge in [0.1, 0.15) is 5.15 Å². The number of ether oxygens (including phenoxy) is 2. The van der Waals surface area contributed by atoms with Gasteiger partial charge in [-0.2, -0.15) is 0 Å². The minimum absolute atomic E-state index is 0.297. The standard InChI is InChI=1S/C20H19ClN2O2S/c1-23(10-13-3-6-18-19(7-13)25-12-24-18)11-15-8-14-4-5-16(26-2)9-17(14)22-20(15)21/h3-9H,10-12H2,1-2H3. The smallest absolute Gasteiger partial charge is 0.231 e. The summed E-state index contributed by atoms with van der Waals surface area (Å²) < 4.78 is 10.8. The van der Waals surface area contributed by atoms with Crippen LogP contribution in [0.15, 0.2) is 47.4 Å². The van der Waals surface area contributed by atoms with Gasteiger partial charge in [-0.25, -0.2) is 4.98 Å². The summed E-state index contributed by atoms with van der Waals surface area (Å²) in [5, 5.41) is 1.67. The second-order valence-electron chi connectivity index (χ2n) is 6.36. The first-order chi connectivity index (χ1) is 12.6. The molecule has 3 aromatic rings. The normalized spacial score (nSPS) is 12.9. The highest BCUT2D eigenvalue weighted by Gasteiger charge is 2.14. The number of hydrogen-bond donors (Lipinski definition) is 0. The zero-order chi connectivity index (χ0) is 18.1. The molecule has 0 saturated heterocycles. The quantitative estimate of drug-likeness (QED) is 0.457. The number of pyridine rings is 1. The first-order valence-electron chi connectivity index (χ1n) is 8.32. The lowest BCUT2D eigenvalue weighted by Gasteiger charge is -2.18. The number of nitrogens with zero attached hydrogens (tertiary/aromatic N) is 2. The molecule has 0 radical (unpaired) electrons. The highest BCUT2D eigenvalue weighted by Crippen LogP contribution is 2.33. The molecule has 26 heavy (non-hydrogen) atoms. The lowest BCUT2D eigenvalue weighted by molar-refractivity contribution is 0.174. The highest BCUT2D eigenvalue weighted by atomic mass is 35.5. The van der Waals surface area contributed by atoms with Crippen LogP contribution in [-0.2, 0) is 13.1 Å². The molecule has 0 fully saturated rings. The van der Waals surface area contributed by atoms with E-state index in [0.29, 0.717) is 11.9 Å². The van der Waals surface area contributed by atoms with Crippen molar-refractivity contribution in [3.05, 3.63) is 58.7 Å². The number of thioether (sulfide) groups is 1. The summed E-state index contributed by atoms with van der Waals surface area (Å²) in [5.41, 5.74) is 3.13. The molecule has 4 rings (SSSR count). The van der Waals surface area contributed by atoms with Gasteiger partial charge >= 0.3 is 0 Å². The molecule has 1 aliphatic heterocycles. The lowest BCUT2D eigenvalue weighted by Crippen LogP contribution is -2.17. The van der Waals surface area contributed by atoms with E-state index in [2.05, 4.69) is 53.5 Å². The first-order valence-corrected chi connectivity index (χ1v) is 9.93. The minimum atomic E-state index is 0.297. The van der Waals surface area contributed by atoms with E-state index in [9.17, 15) is 0 Å². The van der Waals surface area contributed by atoms with E-state index in [4.69, 9.17) is 21.1 Å². The lowest BCUT2D eigenvalue weighted by atomic mass is 10.1. The van der Waals surface area contributed by atoms with Crippen molar-refractivity contribution < 1.29 is 9.47 Å². The molecule has 4 nitrogen and oxygen atoms in total. The molecule has 0 amide bonds. The maximum absolute atomic E-state index is 6.44. The van der Waals surface area contributed by atoms with Crippen molar-refractivity contribution in [1.29, 1.82) is 0 Å². The van der Waals surface area contributed by atoms with Gasteiger partial charge in [0.25, 0.3) is 0 Å². The number of aromatic nitrogens is 1. The van der Waals surface area contributed by atoms with Crippen molar-refractivity contribution >= 4 is 34.3 Å². The molecule has 0 spiro atoms. The summed E-state index contributed by atoms with van der Waals surface area (Å²) in [5.74, 6) is 1.62.